The number of benzene rings is 1. The molecule has 0 unspecified atom stereocenters. The maximum Gasteiger partial charge on any atom is 0.261 e. The average molecular weight is 336 g/mol. The van der Waals surface area contributed by atoms with E-state index in [1.165, 1.54) is 25.7 Å². The molecule has 1 saturated carbocycles. The molecule has 0 saturated heterocycles. The van der Waals surface area contributed by atoms with Crippen molar-refractivity contribution in [3.05, 3.63) is 29.3 Å². The molecule has 0 spiro atoms. The van der Waals surface area contributed by atoms with Crippen LogP contribution in [0.5, 0.6) is 5.75 Å². The highest BCUT2D eigenvalue weighted by Crippen LogP contribution is 2.28. The summed E-state index contributed by atoms with van der Waals surface area (Å²) in [5, 5.41) is 3.83. The largest absolute Gasteiger partial charge is 0.480 e. The zero-order chi connectivity index (χ0) is 16.7. The Morgan fingerprint density at radius 1 is 1.35 bits per heavy atom. The van der Waals surface area contributed by atoms with Gasteiger partial charge in [0.1, 0.15) is 5.75 Å². The fourth-order valence-corrected chi connectivity index (χ4v) is 4.10. The summed E-state index contributed by atoms with van der Waals surface area (Å²) >= 11 is 2.00. The van der Waals surface area contributed by atoms with Crippen LogP contribution in [0.2, 0.25) is 0 Å². The van der Waals surface area contributed by atoms with Gasteiger partial charge in [-0.15, -0.1) is 0 Å². The lowest BCUT2D eigenvalue weighted by molar-refractivity contribution is -0.128. The molecular formula is C19H29NO2S. The summed E-state index contributed by atoms with van der Waals surface area (Å²) in [6.45, 7) is 6.76. The van der Waals surface area contributed by atoms with Crippen molar-refractivity contribution in [1.82, 2.24) is 5.32 Å². The average Bonchev–Trinajstić information content (AvgIpc) is 3.05. The van der Waals surface area contributed by atoms with Crippen LogP contribution in [0.4, 0.5) is 0 Å². The molecule has 1 amide bonds. The van der Waals surface area contributed by atoms with Crippen LogP contribution in [-0.4, -0.2) is 29.6 Å². The molecular weight excluding hydrogens is 306 g/mol. The molecule has 0 aromatic heterocycles. The number of carbonyl (C=O) groups excluding carboxylic acids is 1. The molecule has 4 heteroatoms. The van der Waals surface area contributed by atoms with Gasteiger partial charge in [0.25, 0.3) is 5.91 Å². The first-order valence-electron chi connectivity index (χ1n) is 8.73. The summed E-state index contributed by atoms with van der Waals surface area (Å²) in [6.07, 6.45) is 5.68. The van der Waals surface area contributed by atoms with Crippen molar-refractivity contribution in [2.75, 3.05) is 12.3 Å². The zero-order valence-corrected chi connectivity index (χ0v) is 15.4. The SMILES string of the molecule is CC[C@H](Oc1cc(C)ccc1C)C(=O)NCCSC1CCCC1. The van der Waals surface area contributed by atoms with E-state index < -0.39 is 6.10 Å². The van der Waals surface area contributed by atoms with Gasteiger partial charge in [-0.1, -0.05) is 31.9 Å². The highest BCUT2D eigenvalue weighted by atomic mass is 32.2. The maximum atomic E-state index is 12.3. The van der Waals surface area contributed by atoms with E-state index in [0.717, 1.165) is 34.4 Å². The Morgan fingerprint density at radius 3 is 2.78 bits per heavy atom. The third-order valence-electron chi connectivity index (χ3n) is 4.33. The minimum atomic E-state index is -0.410. The van der Waals surface area contributed by atoms with Crippen LogP contribution >= 0.6 is 11.8 Å². The number of rotatable bonds is 8. The predicted molar refractivity (Wildman–Crippen MR) is 98.3 cm³/mol. The number of hydrogen-bond acceptors (Lipinski definition) is 3. The molecule has 1 fully saturated rings. The first kappa shape index (κ1) is 18.2. The summed E-state index contributed by atoms with van der Waals surface area (Å²) < 4.78 is 5.95. The second-order valence-electron chi connectivity index (χ2n) is 6.35. The number of carbonyl (C=O) groups is 1. The van der Waals surface area contributed by atoms with Gasteiger partial charge in [-0.25, -0.2) is 0 Å². The van der Waals surface area contributed by atoms with E-state index in [2.05, 4.69) is 11.4 Å². The highest BCUT2D eigenvalue weighted by Gasteiger charge is 2.19. The molecule has 128 valence electrons. The summed E-state index contributed by atoms with van der Waals surface area (Å²) in [5.41, 5.74) is 2.22. The third-order valence-corrected chi connectivity index (χ3v) is 5.72. The molecule has 0 bridgehead atoms. The van der Waals surface area contributed by atoms with Crippen LogP contribution in [0, 0.1) is 13.8 Å². The van der Waals surface area contributed by atoms with Crippen LogP contribution in [0.15, 0.2) is 18.2 Å². The summed E-state index contributed by atoms with van der Waals surface area (Å²) in [6, 6.07) is 6.10. The molecule has 1 aromatic rings. The number of ether oxygens (including phenoxy) is 1. The van der Waals surface area contributed by atoms with E-state index in [1.807, 2.05) is 44.7 Å². The third kappa shape index (κ3) is 5.76. The topological polar surface area (TPSA) is 38.3 Å². The van der Waals surface area contributed by atoms with Crippen molar-refractivity contribution in [3.8, 4) is 5.75 Å². The summed E-state index contributed by atoms with van der Waals surface area (Å²) in [5.74, 6) is 1.81. The van der Waals surface area contributed by atoms with Gasteiger partial charge in [-0.2, -0.15) is 11.8 Å². The maximum absolute atomic E-state index is 12.3. The van der Waals surface area contributed by atoms with Crippen molar-refractivity contribution in [3.63, 3.8) is 0 Å². The van der Waals surface area contributed by atoms with Crippen LogP contribution < -0.4 is 10.1 Å². The minimum Gasteiger partial charge on any atom is -0.480 e. The van der Waals surface area contributed by atoms with Crippen molar-refractivity contribution in [2.24, 2.45) is 0 Å². The molecule has 1 aliphatic rings. The van der Waals surface area contributed by atoms with Crippen LogP contribution in [-0.2, 0) is 4.79 Å². The number of hydrogen-bond donors (Lipinski definition) is 1. The van der Waals surface area contributed by atoms with Crippen LogP contribution in [0.1, 0.15) is 50.2 Å². The Bertz CT molecular complexity index is 512. The van der Waals surface area contributed by atoms with Gasteiger partial charge in [0.2, 0.25) is 0 Å². The Hall–Kier alpha value is -1.16. The number of aryl methyl sites for hydroxylation is 2. The Kier molecular flexibility index (Phi) is 7.28. The van der Waals surface area contributed by atoms with E-state index in [-0.39, 0.29) is 5.91 Å². The molecule has 1 atom stereocenters. The zero-order valence-electron chi connectivity index (χ0n) is 14.6. The van der Waals surface area contributed by atoms with E-state index >= 15 is 0 Å². The lowest BCUT2D eigenvalue weighted by Gasteiger charge is -2.19. The summed E-state index contributed by atoms with van der Waals surface area (Å²) in [7, 11) is 0. The highest BCUT2D eigenvalue weighted by molar-refractivity contribution is 7.99. The van der Waals surface area contributed by atoms with E-state index in [0.29, 0.717) is 6.42 Å². The molecule has 1 aromatic carbocycles. The molecule has 0 aliphatic heterocycles. The molecule has 23 heavy (non-hydrogen) atoms. The number of thioether (sulfide) groups is 1. The Labute approximate surface area is 144 Å². The first-order chi connectivity index (χ1) is 11.1. The van der Waals surface area contributed by atoms with Crippen molar-refractivity contribution in [1.29, 1.82) is 0 Å². The van der Waals surface area contributed by atoms with Crippen molar-refractivity contribution < 1.29 is 9.53 Å². The van der Waals surface area contributed by atoms with Gasteiger partial charge < -0.3 is 10.1 Å². The number of nitrogens with one attached hydrogen (secondary N) is 1. The molecule has 1 aliphatic carbocycles. The monoisotopic (exact) mass is 335 g/mol. The second kappa shape index (κ2) is 9.21. The lowest BCUT2D eigenvalue weighted by Crippen LogP contribution is -2.39. The summed E-state index contributed by atoms with van der Waals surface area (Å²) in [4.78, 5) is 12.3. The first-order valence-corrected chi connectivity index (χ1v) is 9.78. The fourth-order valence-electron chi connectivity index (χ4n) is 2.88. The molecule has 1 N–H and O–H groups in total. The normalized spacial score (nSPS) is 16.3. The molecule has 3 nitrogen and oxygen atoms in total. The van der Waals surface area contributed by atoms with Gasteiger partial charge >= 0.3 is 0 Å². The quantitative estimate of drug-likeness (QED) is 0.722. The van der Waals surface area contributed by atoms with Gasteiger partial charge in [0.15, 0.2) is 6.10 Å². The van der Waals surface area contributed by atoms with Gasteiger partial charge in [-0.05, 0) is 50.3 Å². The number of amides is 1. The van der Waals surface area contributed by atoms with Crippen LogP contribution in [0.3, 0.4) is 0 Å². The molecule has 2 rings (SSSR count). The minimum absolute atomic E-state index is 0.000396. The fraction of sp³-hybridized carbons (Fsp3) is 0.632. The van der Waals surface area contributed by atoms with Crippen molar-refractivity contribution in [2.45, 2.75) is 64.2 Å². The van der Waals surface area contributed by atoms with Gasteiger partial charge in [-0.3, -0.25) is 4.79 Å². The van der Waals surface area contributed by atoms with Crippen LogP contribution in [0.25, 0.3) is 0 Å². The van der Waals surface area contributed by atoms with Gasteiger partial charge in [0.05, 0.1) is 0 Å². The lowest BCUT2D eigenvalue weighted by atomic mass is 10.1. The van der Waals surface area contributed by atoms with E-state index in [4.69, 9.17) is 4.74 Å². The molecule has 0 radical (unpaired) electrons. The second-order valence-corrected chi connectivity index (χ2v) is 7.76. The molecule has 0 heterocycles. The standard InChI is InChI=1S/C19H29NO2S/c1-4-17(22-18-13-14(2)9-10-15(18)3)19(21)20-11-12-23-16-7-5-6-8-16/h9-10,13,16-17H,4-8,11-12H2,1-3H3,(H,20,21)/t17-/m0/s1. The van der Waals surface area contributed by atoms with Gasteiger partial charge in [0, 0.05) is 17.5 Å². The Morgan fingerprint density at radius 2 is 2.09 bits per heavy atom. The van der Waals surface area contributed by atoms with Crippen molar-refractivity contribution >= 4 is 17.7 Å². The Balaban J connectivity index is 1.77. The predicted octanol–water partition coefficient (Wildman–Crippen LogP) is 4.25. The smallest absolute Gasteiger partial charge is 0.261 e. The van der Waals surface area contributed by atoms with E-state index in [9.17, 15) is 4.79 Å². The van der Waals surface area contributed by atoms with E-state index in [1.54, 1.807) is 0 Å².